The highest BCUT2D eigenvalue weighted by Gasteiger charge is 2.22. The van der Waals surface area contributed by atoms with E-state index in [4.69, 9.17) is 5.73 Å². The summed E-state index contributed by atoms with van der Waals surface area (Å²) in [6.07, 6.45) is 9.24. The molecule has 0 heterocycles. The van der Waals surface area contributed by atoms with Crippen LogP contribution in [0.3, 0.4) is 0 Å². The van der Waals surface area contributed by atoms with E-state index in [9.17, 15) is 4.79 Å². The van der Waals surface area contributed by atoms with Crippen LogP contribution in [0, 0.1) is 5.92 Å². The molecule has 1 aliphatic rings. The minimum absolute atomic E-state index is 0.0207. The first kappa shape index (κ1) is 19.1. The van der Waals surface area contributed by atoms with E-state index in [1.807, 2.05) is 6.92 Å². The summed E-state index contributed by atoms with van der Waals surface area (Å²) in [6.45, 7) is 2.70. The van der Waals surface area contributed by atoms with E-state index in [-0.39, 0.29) is 18.0 Å². The van der Waals surface area contributed by atoms with E-state index < -0.39 is 0 Å². The molecule has 0 aromatic heterocycles. The van der Waals surface area contributed by atoms with Gasteiger partial charge in [0.25, 0.3) is 0 Å². The number of nitrogens with two attached hydrogens (primary N) is 1. The molecule has 0 saturated heterocycles. The van der Waals surface area contributed by atoms with Gasteiger partial charge in [-0.25, -0.2) is 0 Å². The predicted octanol–water partition coefficient (Wildman–Crippen LogP) is 3.62. The van der Waals surface area contributed by atoms with Crippen molar-refractivity contribution in [3.8, 4) is 0 Å². The zero-order chi connectivity index (χ0) is 17.4. The molecule has 2 rings (SSSR count). The van der Waals surface area contributed by atoms with Crippen molar-refractivity contribution in [1.29, 1.82) is 0 Å². The van der Waals surface area contributed by atoms with E-state index in [0.29, 0.717) is 12.5 Å². The van der Waals surface area contributed by atoms with Gasteiger partial charge >= 0.3 is 0 Å². The normalized spacial score (nSPS) is 18.0. The maximum atomic E-state index is 12.3. The van der Waals surface area contributed by atoms with E-state index in [0.717, 1.165) is 12.1 Å². The molecule has 1 aromatic carbocycles. The fourth-order valence-corrected chi connectivity index (χ4v) is 3.68. The molecule has 0 aliphatic heterocycles. The quantitative estimate of drug-likeness (QED) is 0.627. The molecule has 5 heteroatoms. The molecule has 1 aromatic rings. The lowest BCUT2D eigenvalue weighted by atomic mass is 9.85. The number of carbonyl (C=O) groups excluding carboxylic acids is 1. The summed E-state index contributed by atoms with van der Waals surface area (Å²) in [5.74, 6) is 0.607. The molecule has 2 atom stereocenters. The lowest BCUT2D eigenvalue weighted by Crippen LogP contribution is -2.47. The molecular formula is C19H31N3OS. The topological polar surface area (TPSA) is 67.1 Å². The van der Waals surface area contributed by atoms with Crippen LogP contribution in [0.1, 0.15) is 45.4 Å². The lowest BCUT2D eigenvalue weighted by molar-refractivity contribution is -0.123. The molecule has 0 unspecified atom stereocenters. The van der Waals surface area contributed by atoms with Gasteiger partial charge in [-0.3, -0.25) is 4.79 Å². The second-order valence-electron chi connectivity index (χ2n) is 6.87. The number of amides is 1. The molecule has 1 fully saturated rings. The SMILES string of the molecule is CSc1ccc(NC[C@H](C)NC(=O)[C@@H](N)CC2CCCCC2)cc1. The summed E-state index contributed by atoms with van der Waals surface area (Å²) in [6, 6.07) is 7.99. The zero-order valence-electron chi connectivity index (χ0n) is 14.9. The lowest BCUT2D eigenvalue weighted by Gasteiger charge is -2.25. The van der Waals surface area contributed by atoms with Crippen LogP contribution in [-0.4, -0.2) is 30.8 Å². The number of nitrogens with one attached hydrogen (secondary N) is 2. The van der Waals surface area contributed by atoms with Crippen molar-refractivity contribution >= 4 is 23.4 Å². The third-order valence-corrected chi connectivity index (χ3v) is 5.48. The van der Waals surface area contributed by atoms with Gasteiger partial charge in [-0.15, -0.1) is 11.8 Å². The van der Waals surface area contributed by atoms with Crippen molar-refractivity contribution in [3.63, 3.8) is 0 Å². The Morgan fingerprint density at radius 3 is 2.54 bits per heavy atom. The molecule has 1 saturated carbocycles. The molecule has 1 amide bonds. The number of carbonyl (C=O) groups is 1. The van der Waals surface area contributed by atoms with Crippen LogP contribution in [0.5, 0.6) is 0 Å². The second-order valence-corrected chi connectivity index (χ2v) is 7.74. The Hall–Kier alpha value is -1.20. The molecule has 4 nitrogen and oxygen atoms in total. The Labute approximate surface area is 150 Å². The van der Waals surface area contributed by atoms with Gasteiger partial charge in [0.2, 0.25) is 5.91 Å². The number of hydrogen-bond donors (Lipinski definition) is 3. The average molecular weight is 350 g/mol. The third kappa shape index (κ3) is 6.36. The number of thioether (sulfide) groups is 1. The van der Waals surface area contributed by atoms with Gasteiger partial charge in [-0.1, -0.05) is 32.1 Å². The molecule has 4 N–H and O–H groups in total. The van der Waals surface area contributed by atoms with E-state index in [1.165, 1.54) is 37.0 Å². The monoisotopic (exact) mass is 349 g/mol. The van der Waals surface area contributed by atoms with Crippen molar-refractivity contribution in [2.45, 2.75) is 62.4 Å². The molecular weight excluding hydrogens is 318 g/mol. The maximum absolute atomic E-state index is 12.3. The van der Waals surface area contributed by atoms with E-state index in [1.54, 1.807) is 11.8 Å². The van der Waals surface area contributed by atoms with Crippen LogP contribution in [0.15, 0.2) is 29.2 Å². The summed E-state index contributed by atoms with van der Waals surface area (Å²) in [5.41, 5.74) is 7.17. The van der Waals surface area contributed by atoms with Gasteiger partial charge in [0.1, 0.15) is 0 Å². The Morgan fingerprint density at radius 1 is 1.25 bits per heavy atom. The largest absolute Gasteiger partial charge is 0.383 e. The first-order valence-electron chi connectivity index (χ1n) is 9.02. The molecule has 0 radical (unpaired) electrons. The highest BCUT2D eigenvalue weighted by atomic mass is 32.2. The average Bonchev–Trinajstić information content (AvgIpc) is 2.61. The molecule has 0 spiro atoms. The van der Waals surface area contributed by atoms with Crippen LogP contribution in [0.25, 0.3) is 0 Å². The maximum Gasteiger partial charge on any atom is 0.237 e. The summed E-state index contributed by atoms with van der Waals surface area (Å²) in [7, 11) is 0. The Bertz CT molecular complexity index is 500. The fraction of sp³-hybridized carbons (Fsp3) is 0.632. The number of benzene rings is 1. The highest BCUT2D eigenvalue weighted by molar-refractivity contribution is 7.98. The fourth-order valence-electron chi connectivity index (χ4n) is 3.27. The Morgan fingerprint density at radius 2 is 1.92 bits per heavy atom. The van der Waals surface area contributed by atoms with Crippen LogP contribution in [0.4, 0.5) is 5.69 Å². The number of anilines is 1. The minimum atomic E-state index is -0.378. The van der Waals surface area contributed by atoms with Gasteiger partial charge in [0, 0.05) is 23.2 Å². The molecule has 134 valence electrons. The van der Waals surface area contributed by atoms with Crippen molar-refractivity contribution < 1.29 is 4.79 Å². The Kier molecular flexibility index (Phi) is 7.92. The summed E-state index contributed by atoms with van der Waals surface area (Å²) in [4.78, 5) is 13.5. The van der Waals surface area contributed by atoms with E-state index in [2.05, 4.69) is 41.2 Å². The standard InChI is InChI=1S/C19H31N3OS/c1-14(13-21-16-8-10-17(24-2)11-9-16)22-19(23)18(20)12-15-6-4-3-5-7-15/h8-11,14-15,18,21H,3-7,12-13,20H2,1-2H3,(H,22,23)/t14-,18-/m0/s1. The van der Waals surface area contributed by atoms with Gasteiger partial charge in [-0.2, -0.15) is 0 Å². The zero-order valence-corrected chi connectivity index (χ0v) is 15.7. The third-order valence-electron chi connectivity index (χ3n) is 4.74. The first-order chi connectivity index (χ1) is 11.6. The van der Waals surface area contributed by atoms with Gasteiger partial charge in [0.15, 0.2) is 0 Å². The van der Waals surface area contributed by atoms with Crippen LogP contribution in [0.2, 0.25) is 0 Å². The molecule has 0 bridgehead atoms. The van der Waals surface area contributed by atoms with Crippen LogP contribution in [-0.2, 0) is 4.79 Å². The first-order valence-corrected chi connectivity index (χ1v) is 10.2. The highest BCUT2D eigenvalue weighted by Crippen LogP contribution is 2.27. The van der Waals surface area contributed by atoms with Crippen LogP contribution >= 0.6 is 11.8 Å². The van der Waals surface area contributed by atoms with Gasteiger partial charge < -0.3 is 16.4 Å². The Balaban J connectivity index is 1.69. The summed E-state index contributed by atoms with van der Waals surface area (Å²) < 4.78 is 0. The van der Waals surface area contributed by atoms with Crippen molar-refractivity contribution in [2.24, 2.45) is 11.7 Å². The number of hydrogen-bond acceptors (Lipinski definition) is 4. The summed E-state index contributed by atoms with van der Waals surface area (Å²) in [5, 5.41) is 6.39. The minimum Gasteiger partial charge on any atom is -0.383 e. The van der Waals surface area contributed by atoms with Gasteiger partial charge in [-0.05, 0) is 49.8 Å². The van der Waals surface area contributed by atoms with Crippen molar-refractivity contribution in [2.75, 3.05) is 18.1 Å². The summed E-state index contributed by atoms with van der Waals surface area (Å²) >= 11 is 1.73. The number of rotatable bonds is 8. The second kappa shape index (κ2) is 9.94. The van der Waals surface area contributed by atoms with Crippen LogP contribution < -0.4 is 16.4 Å². The predicted molar refractivity (Wildman–Crippen MR) is 103 cm³/mol. The van der Waals surface area contributed by atoms with Crippen molar-refractivity contribution in [3.05, 3.63) is 24.3 Å². The molecule has 24 heavy (non-hydrogen) atoms. The van der Waals surface area contributed by atoms with Crippen molar-refractivity contribution in [1.82, 2.24) is 5.32 Å². The smallest absolute Gasteiger partial charge is 0.237 e. The van der Waals surface area contributed by atoms with E-state index >= 15 is 0 Å². The molecule has 1 aliphatic carbocycles. The van der Waals surface area contributed by atoms with Gasteiger partial charge in [0.05, 0.1) is 6.04 Å².